The van der Waals surface area contributed by atoms with Crippen LogP contribution in [0.3, 0.4) is 0 Å². The average Bonchev–Trinajstić information content (AvgIpc) is 2.79. The Morgan fingerprint density at radius 2 is 2.28 bits per heavy atom. The minimum atomic E-state index is -0.245. The van der Waals surface area contributed by atoms with Crippen LogP contribution in [0.4, 0.5) is 0 Å². The number of hydrogen-bond donors (Lipinski definition) is 0. The highest BCUT2D eigenvalue weighted by Crippen LogP contribution is 2.28. The predicted molar refractivity (Wildman–Crippen MR) is 65.7 cm³/mol. The fraction of sp³-hybridized carbons (Fsp3) is 0.286. The number of aryl methyl sites for hydroxylation is 1. The second-order valence-corrected chi connectivity index (χ2v) is 3.93. The highest BCUT2D eigenvalue weighted by atomic mass is 16.5. The van der Waals surface area contributed by atoms with E-state index in [2.05, 4.69) is 0 Å². The van der Waals surface area contributed by atoms with Gasteiger partial charge in [0.25, 0.3) is 0 Å². The van der Waals surface area contributed by atoms with Gasteiger partial charge in [-0.25, -0.2) is 0 Å². The van der Waals surface area contributed by atoms with Gasteiger partial charge in [0.05, 0.1) is 19.3 Å². The molecule has 0 spiro atoms. The molecule has 0 bridgehead atoms. The molecule has 0 saturated carbocycles. The van der Waals surface area contributed by atoms with Crippen LogP contribution in [0.2, 0.25) is 0 Å². The van der Waals surface area contributed by atoms with Gasteiger partial charge in [-0.15, -0.1) is 0 Å². The summed E-state index contributed by atoms with van der Waals surface area (Å²) >= 11 is 0. The van der Waals surface area contributed by atoms with Crippen LogP contribution in [0.25, 0.3) is 11.1 Å². The van der Waals surface area contributed by atoms with Gasteiger partial charge in [-0.1, -0.05) is 12.1 Å². The van der Waals surface area contributed by atoms with Gasteiger partial charge in [0, 0.05) is 17.5 Å². The second kappa shape index (κ2) is 5.49. The van der Waals surface area contributed by atoms with Crippen molar-refractivity contribution in [3.05, 3.63) is 35.8 Å². The molecule has 4 nitrogen and oxygen atoms in total. The van der Waals surface area contributed by atoms with E-state index < -0.39 is 0 Å². The Labute approximate surface area is 105 Å². The molecule has 1 aliphatic heterocycles. The summed E-state index contributed by atoms with van der Waals surface area (Å²) in [7, 11) is 0. The quantitative estimate of drug-likeness (QED) is 0.601. The van der Waals surface area contributed by atoms with E-state index in [9.17, 15) is 9.59 Å². The van der Waals surface area contributed by atoms with Crippen molar-refractivity contribution >= 4 is 12.3 Å². The maximum atomic E-state index is 11.2. The maximum Gasteiger partial charge on any atom is 0.306 e. The first-order valence-corrected chi connectivity index (χ1v) is 5.85. The largest absolute Gasteiger partial charge is 0.469 e. The summed E-state index contributed by atoms with van der Waals surface area (Å²) in [5, 5.41) is 0. The van der Waals surface area contributed by atoms with Crippen LogP contribution in [0.5, 0.6) is 0 Å². The van der Waals surface area contributed by atoms with Crippen molar-refractivity contribution in [2.45, 2.75) is 19.8 Å². The Hall–Kier alpha value is -2.10. The van der Waals surface area contributed by atoms with E-state index in [0.717, 1.165) is 17.4 Å². The molecule has 0 radical (unpaired) electrons. The Kier molecular flexibility index (Phi) is 3.77. The van der Waals surface area contributed by atoms with Crippen molar-refractivity contribution in [3.8, 4) is 11.1 Å². The van der Waals surface area contributed by atoms with E-state index in [4.69, 9.17) is 9.15 Å². The lowest BCUT2D eigenvalue weighted by atomic mass is 10.1. The lowest BCUT2D eigenvalue weighted by Crippen LogP contribution is -2.05. The topological polar surface area (TPSA) is 56.5 Å². The molecule has 1 heterocycles. The molecule has 0 saturated heterocycles. The monoisotopic (exact) mass is 246 g/mol. The van der Waals surface area contributed by atoms with Gasteiger partial charge in [-0.05, 0) is 18.6 Å². The fourth-order valence-electron chi connectivity index (χ4n) is 1.82. The molecule has 0 atom stereocenters. The first kappa shape index (κ1) is 12.4. The van der Waals surface area contributed by atoms with Crippen LogP contribution < -0.4 is 0 Å². The number of ether oxygens (including phenoxy) is 1. The van der Waals surface area contributed by atoms with Crippen molar-refractivity contribution in [1.29, 1.82) is 0 Å². The molecular formula is C14H14O4. The Balaban J connectivity index is 2.12. The minimum absolute atomic E-state index is 0.245. The van der Waals surface area contributed by atoms with Crippen molar-refractivity contribution in [3.63, 3.8) is 0 Å². The number of carbonyl (C=O) groups excluding carboxylic acids is 2. The van der Waals surface area contributed by atoms with Gasteiger partial charge in [0.2, 0.25) is 0 Å². The van der Waals surface area contributed by atoms with Gasteiger partial charge >= 0.3 is 5.97 Å². The smallest absolute Gasteiger partial charge is 0.306 e. The normalized spacial score (nSPS) is 10.5. The zero-order valence-electron chi connectivity index (χ0n) is 10.1. The standard InChI is InChI=1S/C14H14O4/c1-2-17-14(16)6-5-12-7-13-10(8-15)3-4-11(13)9-18-12/h3-4,7-9H,2,5-6H2,1H3. The highest BCUT2D eigenvalue weighted by molar-refractivity contribution is 5.89. The third-order valence-electron chi connectivity index (χ3n) is 2.71. The van der Waals surface area contributed by atoms with Crippen molar-refractivity contribution in [2.24, 2.45) is 0 Å². The van der Waals surface area contributed by atoms with Crippen LogP contribution in [0.15, 0.2) is 28.9 Å². The molecule has 18 heavy (non-hydrogen) atoms. The lowest BCUT2D eigenvalue weighted by Gasteiger charge is -2.05. The molecule has 0 aromatic rings. The summed E-state index contributed by atoms with van der Waals surface area (Å²) < 4.78 is 10.2. The molecule has 2 rings (SSSR count). The summed E-state index contributed by atoms with van der Waals surface area (Å²) in [6.45, 7) is 2.15. The van der Waals surface area contributed by atoms with Crippen molar-refractivity contribution in [1.82, 2.24) is 0 Å². The molecule has 0 aromatic carbocycles. The molecule has 2 aliphatic rings. The summed E-state index contributed by atoms with van der Waals surface area (Å²) in [6.07, 6.45) is 3.17. The van der Waals surface area contributed by atoms with Crippen molar-refractivity contribution in [2.75, 3.05) is 6.61 Å². The van der Waals surface area contributed by atoms with Crippen molar-refractivity contribution < 1.29 is 18.7 Å². The lowest BCUT2D eigenvalue weighted by molar-refractivity contribution is -0.143. The van der Waals surface area contributed by atoms with E-state index in [1.807, 2.05) is 6.07 Å². The number of rotatable bonds is 5. The zero-order valence-corrected chi connectivity index (χ0v) is 10.1. The number of hydrogen-bond acceptors (Lipinski definition) is 4. The predicted octanol–water partition coefficient (Wildman–Crippen LogP) is 2.69. The van der Waals surface area contributed by atoms with E-state index in [1.54, 1.807) is 25.3 Å². The van der Waals surface area contributed by atoms with Crippen LogP contribution >= 0.6 is 0 Å². The van der Waals surface area contributed by atoms with E-state index in [0.29, 0.717) is 24.4 Å². The molecule has 4 heteroatoms. The third kappa shape index (κ3) is 2.59. The Morgan fingerprint density at radius 3 is 3.00 bits per heavy atom. The number of aldehydes is 1. The molecule has 0 amide bonds. The van der Waals surface area contributed by atoms with Crippen LogP contribution in [-0.2, 0) is 16.0 Å². The maximum absolute atomic E-state index is 11.2. The van der Waals surface area contributed by atoms with E-state index >= 15 is 0 Å². The van der Waals surface area contributed by atoms with E-state index in [1.165, 1.54) is 0 Å². The summed E-state index contributed by atoms with van der Waals surface area (Å²) in [6, 6.07) is 5.39. The highest BCUT2D eigenvalue weighted by Gasteiger charge is 2.12. The number of fused-ring (bicyclic) bond motifs is 1. The van der Waals surface area contributed by atoms with Gasteiger partial charge < -0.3 is 9.15 Å². The molecule has 94 valence electrons. The van der Waals surface area contributed by atoms with Gasteiger partial charge in [-0.3, -0.25) is 9.59 Å². The summed E-state index contributed by atoms with van der Waals surface area (Å²) in [5.41, 5.74) is 2.38. The Morgan fingerprint density at radius 1 is 1.44 bits per heavy atom. The second-order valence-electron chi connectivity index (χ2n) is 3.93. The number of carbonyl (C=O) groups is 2. The zero-order chi connectivity index (χ0) is 13.0. The van der Waals surface area contributed by atoms with Gasteiger partial charge in [0.15, 0.2) is 6.29 Å². The third-order valence-corrected chi connectivity index (χ3v) is 2.71. The first-order chi connectivity index (χ1) is 8.74. The summed E-state index contributed by atoms with van der Waals surface area (Å²) in [4.78, 5) is 22.1. The molecule has 1 aliphatic carbocycles. The van der Waals surface area contributed by atoms with Gasteiger partial charge in [-0.2, -0.15) is 0 Å². The molecule has 0 fully saturated rings. The number of esters is 1. The average molecular weight is 246 g/mol. The fourth-order valence-corrected chi connectivity index (χ4v) is 1.82. The van der Waals surface area contributed by atoms with E-state index in [-0.39, 0.29) is 12.4 Å². The summed E-state index contributed by atoms with van der Waals surface area (Å²) in [5.74, 6) is 0.427. The van der Waals surface area contributed by atoms with Crippen LogP contribution in [0.1, 0.15) is 29.5 Å². The molecule has 0 aromatic heterocycles. The molecular weight excluding hydrogens is 232 g/mol. The van der Waals surface area contributed by atoms with Crippen LogP contribution in [-0.4, -0.2) is 18.9 Å². The van der Waals surface area contributed by atoms with Gasteiger partial charge in [0.1, 0.15) is 5.76 Å². The Bertz CT molecular complexity index is 527. The molecule has 0 N–H and O–H groups in total. The minimum Gasteiger partial charge on any atom is -0.469 e. The van der Waals surface area contributed by atoms with Crippen LogP contribution in [0, 0.1) is 0 Å². The SMILES string of the molecule is CCOC(=O)CCc1cc2c(C=O)ccc-2co1. The molecule has 0 unspecified atom stereocenters. The first-order valence-electron chi connectivity index (χ1n) is 5.85.